The maximum Gasteiger partial charge on any atom is 0.165 e. The molecule has 0 saturated carbocycles. The van der Waals surface area contributed by atoms with Gasteiger partial charge in [0.15, 0.2) is 17.5 Å². The van der Waals surface area contributed by atoms with Crippen LogP contribution in [0, 0.1) is 0 Å². The molecule has 0 radical (unpaired) electrons. The van der Waals surface area contributed by atoms with E-state index in [4.69, 9.17) is 24.4 Å². The highest BCUT2D eigenvalue weighted by Crippen LogP contribution is 2.42. The Kier molecular flexibility index (Phi) is 5.85. The van der Waals surface area contributed by atoms with Gasteiger partial charge in [0.1, 0.15) is 16.2 Å². The molecule has 0 saturated heterocycles. The molecule has 47 heavy (non-hydrogen) atoms. The highest BCUT2D eigenvalue weighted by Gasteiger charge is 2.18. The average molecular weight is 639 g/mol. The highest BCUT2D eigenvalue weighted by molar-refractivity contribution is 7.26. The lowest BCUT2D eigenvalue weighted by atomic mass is 10.1. The number of hydrogen-bond acceptors (Lipinski definition) is 7. The van der Waals surface area contributed by atoms with Gasteiger partial charge >= 0.3 is 0 Å². The first kappa shape index (κ1) is 26.5. The molecule has 0 amide bonds. The molecule has 220 valence electrons. The summed E-state index contributed by atoms with van der Waals surface area (Å²) in [6.07, 6.45) is 0. The second kappa shape index (κ2) is 10.4. The molecule has 0 bridgehead atoms. The minimum Gasteiger partial charge on any atom is -0.456 e. The van der Waals surface area contributed by atoms with Crippen molar-refractivity contribution in [2.75, 3.05) is 0 Å². The molecule has 0 aliphatic heterocycles. The fraction of sp³-hybridized carbons (Fsp3) is 0. The van der Waals surface area contributed by atoms with E-state index < -0.39 is 0 Å². The van der Waals surface area contributed by atoms with E-state index in [1.54, 1.807) is 22.7 Å². The number of aromatic nitrogens is 4. The van der Waals surface area contributed by atoms with Gasteiger partial charge in [-0.05, 0) is 48.5 Å². The fourth-order valence-electron chi connectivity index (χ4n) is 6.31. The summed E-state index contributed by atoms with van der Waals surface area (Å²) in [5, 5.41) is 5.58. The summed E-state index contributed by atoms with van der Waals surface area (Å²) >= 11 is 3.49. The van der Waals surface area contributed by atoms with Gasteiger partial charge in [0, 0.05) is 53.2 Å². The van der Waals surface area contributed by atoms with Crippen LogP contribution in [0.25, 0.3) is 97.1 Å². The minimum atomic E-state index is 0.604. The second-order valence-electron chi connectivity index (χ2n) is 11.5. The topological polar surface area (TPSA) is 64.7 Å². The average Bonchev–Trinajstić information content (AvgIpc) is 3.84. The van der Waals surface area contributed by atoms with Gasteiger partial charge in [-0.3, -0.25) is 0 Å². The summed E-state index contributed by atoms with van der Waals surface area (Å²) in [5.41, 5.74) is 6.62. The van der Waals surface area contributed by atoms with Crippen LogP contribution in [0.4, 0.5) is 0 Å². The Morgan fingerprint density at radius 1 is 0.426 bits per heavy atom. The number of benzene rings is 6. The van der Waals surface area contributed by atoms with Crippen molar-refractivity contribution in [2.45, 2.75) is 0 Å². The summed E-state index contributed by atoms with van der Waals surface area (Å²) in [5.74, 6) is 1.88. The fourth-order valence-corrected chi connectivity index (χ4v) is 8.46. The molecule has 0 aliphatic carbocycles. The number of fused-ring (bicyclic) bond motifs is 7. The molecule has 10 rings (SSSR count). The summed E-state index contributed by atoms with van der Waals surface area (Å²) in [7, 11) is 0. The Labute approximate surface area is 276 Å². The summed E-state index contributed by atoms with van der Waals surface area (Å²) in [4.78, 5) is 20.1. The van der Waals surface area contributed by atoms with Crippen molar-refractivity contribution < 1.29 is 4.42 Å². The van der Waals surface area contributed by atoms with E-state index in [0.717, 1.165) is 59.4 Å². The minimum absolute atomic E-state index is 0.604. The van der Waals surface area contributed by atoms with Crippen LogP contribution < -0.4 is 0 Å². The van der Waals surface area contributed by atoms with Crippen LogP contribution in [0.3, 0.4) is 0 Å². The number of rotatable bonds is 4. The predicted octanol–water partition coefficient (Wildman–Crippen LogP) is 11.4. The number of hydrogen-bond donors (Lipinski definition) is 0. The van der Waals surface area contributed by atoms with Gasteiger partial charge in [-0.15, -0.1) is 22.7 Å². The van der Waals surface area contributed by atoms with Crippen LogP contribution in [0.2, 0.25) is 0 Å². The monoisotopic (exact) mass is 638 g/mol. The van der Waals surface area contributed by atoms with E-state index in [1.807, 2.05) is 60.7 Å². The van der Waals surface area contributed by atoms with Gasteiger partial charge in [0.25, 0.3) is 0 Å². The molecular weight excluding hydrogens is 617 g/mol. The van der Waals surface area contributed by atoms with E-state index in [2.05, 4.69) is 72.8 Å². The third-order valence-corrected chi connectivity index (χ3v) is 10.9. The predicted molar refractivity (Wildman–Crippen MR) is 195 cm³/mol. The second-order valence-corrected chi connectivity index (χ2v) is 13.5. The third kappa shape index (κ3) is 4.35. The zero-order chi connectivity index (χ0) is 30.9. The molecule has 5 nitrogen and oxygen atoms in total. The van der Waals surface area contributed by atoms with Gasteiger partial charge in [0.2, 0.25) is 0 Å². The van der Waals surface area contributed by atoms with Crippen molar-refractivity contribution in [1.29, 1.82) is 0 Å². The maximum absolute atomic E-state index is 6.22. The molecule has 4 aromatic heterocycles. The Morgan fingerprint density at radius 2 is 1.17 bits per heavy atom. The number of para-hydroxylation sites is 2. The highest BCUT2D eigenvalue weighted by atomic mass is 32.1. The number of thiophene rings is 1. The Balaban J connectivity index is 1.15. The normalized spacial score (nSPS) is 11.8. The SMILES string of the molecule is c1ccc(-c2nc(-c3ccc4c(c3)oc3ccccc34)nc(-c3cccc4c3sc3ccc(-c5nc6ccccc6s5)cc34)n2)cc1. The molecule has 7 heteroatoms. The maximum atomic E-state index is 6.22. The lowest BCUT2D eigenvalue weighted by Gasteiger charge is -2.09. The molecular formula is C40H22N4OS2. The van der Waals surface area contributed by atoms with Crippen molar-refractivity contribution in [2.24, 2.45) is 0 Å². The van der Waals surface area contributed by atoms with Gasteiger partial charge in [-0.25, -0.2) is 19.9 Å². The van der Waals surface area contributed by atoms with Crippen LogP contribution in [0.5, 0.6) is 0 Å². The van der Waals surface area contributed by atoms with Crippen LogP contribution in [-0.4, -0.2) is 19.9 Å². The lowest BCUT2D eigenvalue weighted by Crippen LogP contribution is -2.00. The van der Waals surface area contributed by atoms with Crippen molar-refractivity contribution in [3.8, 4) is 44.7 Å². The molecule has 0 fully saturated rings. The van der Waals surface area contributed by atoms with Crippen molar-refractivity contribution in [3.63, 3.8) is 0 Å². The molecule has 0 atom stereocenters. The first-order chi connectivity index (χ1) is 23.2. The standard InChI is InChI=1S/C40H22N4OS2/c1-2-9-23(10-3-1)37-42-38(24-17-19-27-26-11-4-6-15-32(26)45-33(27)22-24)44-39(43-37)29-13-8-12-28-30-21-25(18-20-34(30)46-36(28)29)40-41-31-14-5-7-16-35(31)47-40/h1-22H. The van der Waals surface area contributed by atoms with E-state index in [1.165, 1.54) is 20.2 Å². The van der Waals surface area contributed by atoms with E-state index in [0.29, 0.717) is 17.5 Å². The number of furan rings is 1. The molecule has 0 unspecified atom stereocenters. The van der Waals surface area contributed by atoms with Crippen LogP contribution in [0.15, 0.2) is 138 Å². The number of thiazole rings is 1. The summed E-state index contributed by atoms with van der Waals surface area (Å²) in [6.45, 7) is 0. The summed E-state index contributed by atoms with van der Waals surface area (Å²) < 4.78 is 9.77. The van der Waals surface area contributed by atoms with Crippen LogP contribution in [0.1, 0.15) is 0 Å². The quantitative estimate of drug-likeness (QED) is 0.192. The van der Waals surface area contributed by atoms with E-state index in [-0.39, 0.29) is 0 Å². The largest absolute Gasteiger partial charge is 0.456 e. The van der Waals surface area contributed by atoms with E-state index in [9.17, 15) is 0 Å². The van der Waals surface area contributed by atoms with Crippen LogP contribution >= 0.6 is 22.7 Å². The van der Waals surface area contributed by atoms with Crippen molar-refractivity contribution in [3.05, 3.63) is 133 Å². The Bertz CT molecular complexity index is 2780. The van der Waals surface area contributed by atoms with Crippen molar-refractivity contribution >= 4 is 75.0 Å². The van der Waals surface area contributed by atoms with Gasteiger partial charge in [-0.2, -0.15) is 0 Å². The smallest absolute Gasteiger partial charge is 0.165 e. The Hall–Kier alpha value is -5.76. The number of nitrogens with zero attached hydrogens (tertiary/aromatic N) is 4. The van der Waals surface area contributed by atoms with E-state index >= 15 is 0 Å². The Morgan fingerprint density at radius 3 is 2.09 bits per heavy atom. The zero-order valence-electron chi connectivity index (χ0n) is 24.7. The lowest BCUT2D eigenvalue weighted by molar-refractivity contribution is 0.669. The molecule has 10 aromatic rings. The zero-order valence-corrected chi connectivity index (χ0v) is 26.3. The molecule has 0 aliphatic rings. The molecule has 4 heterocycles. The first-order valence-electron chi connectivity index (χ1n) is 15.3. The van der Waals surface area contributed by atoms with Gasteiger partial charge < -0.3 is 4.42 Å². The van der Waals surface area contributed by atoms with Gasteiger partial charge in [-0.1, -0.05) is 84.9 Å². The molecule has 0 spiro atoms. The summed E-state index contributed by atoms with van der Waals surface area (Å²) in [6, 6.07) is 45.8. The van der Waals surface area contributed by atoms with Crippen LogP contribution in [-0.2, 0) is 0 Å². The first-order valence-corrected chi connectivity index (χ1v) is 16.9. The molecule has 0 N–H and O–H groups in total. The third-order valence-electron chi connectivity index (χ3n) is 8.58. The van der Waals surface area contributed by atoms with Crippen molar-refractivity contribution in [1.82, 2.24) is 19.9 Å². The van der Waals surface area contributed by atoms with Gasteiger partial charge in [0.05, 0.1) is 10.2 Å². The molecule has 6 aromatic carbocycles.